The van der Waals surface area contributed by atoms with Crippen LogP contribution in [0.25, 0.3) is 11.2 Å². The van der Waals surface area contributed by atoms with E-state index < -0.39 is 46.4 Å². The molecule has 0 amide bonds. The van der Waals surface area contributed by atoms with Crippen LogP contribution in [-0.4, -0.2) is 70.8 Å². The Morgan fingerprint density at radius 1 is 1.40 bits per heavy atom. The van der Waals surface area contributed by atoms with Gasteiger partial charge in [-0.05, 0) is 6.92 Å². The lowest BCUT2D eigenvalue weighted by atomic mass is 9.98. The lowest BCUT2D eigenvalue weighted by Crippen LogP contribution is -2.40. The second kappa shape index (κ2) is 7.75. The first-order valence-corrected chi connectivity index (χ1v) is 11.2. The van der Waals surface area contributed by atoms with Gasteiger partial charge in [-0.25, -0.2) is 18.5 Å². The summed E-state index contributed by atoms with van der Waals surface area (Å²) in [5.41, 5.74) is 3.53. The fraction of sp³-hybridized carbons (Fsp3) is 0.583. The highest BCUT2D eigenvalue weighted by Crippen LogP contribution is 2.58. The zero-order valence-electron chi connectivity index (χ0n) is 15.5. The Hall–Kier alpha value is -1.74. The van der Waals surface area contributed by atoms with E-state index in [9.17, 15) is 19.1 Å². The van der Waals surface area contributed by atoms with Gasteiger partial charge in [-0.1, -0.05) is 0 Å². The number of halogens is 1. The molecule has 0 radical (unpaired) electrons. The largest absolute Gasteiger partial charge is 0.481 e. The summed E-state index contributed by atoms with van der Waals surface area (Å²) in [7, 11) is -8.99. The molecule has 0 aromatic carbocycles. The van der Waals surface area contributed by atoms with Gasteiger partial charge < -0.3 is 35.6 Å². The Morgan fingerprint density at radius 3 is 2.67 bits per heavy atom. The van der Waals surface area contributed by atoms with Crippen LogP contribution in [0.3, 0.4) is 0 Å². The minimum Gasteiger partial charge on any atom is -0.387 e. The maximum absolute atomic E-state index is 15.3. The molecule has 18 heteroatoms. The van der Waals surface area contributed by atoms with Crippen molar-refractivity contribution in [2.45, 2.75) is 31.0 Å². The van der Waals surface area contributed by atoms with Crippen LogP contribution < -0.4 is 11.1 Å². The predicted molar refractivity (Wildman–Crippen MR) is 97.6 cm³/mol. The first-order valence-electron chi connectivity index (χ1n) is 8.19. The Morgan fingerprint density at radius 2 is 2.07 bits per heavy atom. The normalized spacial score (nSPS) is 29.2. The van der Waals surface area contributed by atoms with Crippen molar-refractivity contribution < 1.29 is 46.9 Å². The van der Waals surface area contributed by atoms with Crippen molar-refractivity contribution in [3.8, 4) is 0 Å². The average molecular weight is 472 g/mol. The third kappa shape index (κ3) is 4.46. The molecule has 3 heterocycles. The number of phosphoric ester groups is 1. The highest BCUT2D eigenvalue weighted by Gasteiger charge is 2.56. The molecule has 1 aliphatic rings. The number of phosphoric acid groups is 2. The molecule has 2 aromatic rings. The van der Waals surface area contributed by atoms with Crippen molar-refractivity contribution in [1.29, 1.82) is 0 Å². The lowest BCUT2D eigenvalue weighted by Gasteiger charge is -2.24. The van der Waals surface area contributed by atoms with E-state index in [0.717, 1.165) is 11.5 Å². The van der Waals surface area contributed by atoms with Crippen LogP contribution in [0, 0.1) is 0 Å². The van der Waals surface area contributed by atoms with Crippen molar-refractivity contribution in [2.24, 2.45) is 0 Å². The Kier molecular flexibility index (Phi) is 5.92. The number of nitrogens with two attached hydrogens (primary N) is 1. The number of nitrogens with zero attached hydrogens (tertiary/aromatic N) is 4. The summed E-state index contributed by atoms with van der Waals surface area (Å²) in [6.07, 6.45) is -3.69. The first kappa shape index (κ1) is 22.9. The fourth-order valence-corrected chi connectivity index (χ4v) is 4.55. The standard InChI is InChI=1S/C12H19FN6O9P2/c1-12(13)7(20)5(3-26-30(24,25)28-29(21,22)23)27-10(12)19-4-16-6-8(15-2)17-11(14)18-9(6)19/h4-5,7,10,20H,3H2,1-2H3,(H,24,25)(H2,21,22,23)(H3,14,15,17,18)/t5-,7-,10-,12-/m1/s1. The molecule has 0 aliphatic carbocycles. The van der Waals surface area contributed by atoms with Crippen molar-refractivity contribution in [1.82, 2.24) is 19.5 Å². The summed E-state index contributed by atoms with van der Waals surface area (Å²) < 4.78 is 52.3. The molecule has 1 aliphatic heterocycles. The van der Waals surface area contributed by atoms with Crippen LogP contribution in [0.2, 0.25) is 0 Å². The van der Waals surface area contributed by atoms with Crippen molar-refractivity contribution in [2.75, 3.05) is 24.7 Å². The summed E-state index contributed by atoms with van der Waals surface area (Å²) in [6.45, 7) is 0.0961. The van der Waals surface area contributed by atoms with Gasteiger partial charge in [-0.2, -0.15) is 14.3 Å². The minimum absolute atomic E-state index is 0.0900. The van der Waals surface area contributed by atoms with Gasteiger partial charge in [-0.15, -0.1) is 0 Å². The molecular weight excluding hydrogens is 453 g/mol. The van der Waals surface area contributed by atoms with Crippen molar-refractivity contribution >= 4 is 38.6 Å². The van der Waals surface area contributed by atoms with E-state index in [1.54, 1.807) is 7.05 Å². The maximum atomic E-state index is 15.3. The molecule has 168 valence electrons. The molecule has 0 spiro atoms. The van der Waals surface area contributed by atoms with Gasteiger partial charge in [0.1, 0.15) is 12.2 Å². The summed E-state index contributed by atoms with van der Waals surface area (Å²) in [5.74, 6) is 0.134. The zero-order valence-corrected chi connectivity index (χ0v) is 17.3. The molecule has 1 unspecified atom stereocenters. The van der Waals surface area contributed by atoms with Gasteiger partial charge in [0.25, 0.3) is 0 Å². The number of nitrogens with one attached hydrogen (secondary N) is 1. The minimum atomic E-state index is -5.34. The summed E-state index contributed by atoms with van der Waals surface area (Å²) in [5, 5.41) is 13.1. The molecule has 2 aromatic heterocycles. The second-order valence-electron chi connectivity index (χ2n) is 6.46. The summed E-state index contributed by atoms with van der Waals surface area (Å²) in [6, 6.07) is 0. The molecular formula is C12H19FN6O9P2. The highest BCUT2D eigenvalue weighted by molar-refractivity contribution is 7.60. The number of aromatic nitrogens is 4. The molecule has 15 nitrogen and oxygen atoms in total. The Balaban J connectivity index is 1.86. The number of aliphatic hydroxyl groups is 1. The summed E-state index contributed by atoms with van der Waals surface area (Å²) >= 11 is 0. The van der Waals surface area contributed by atoms with Gasteiger partial charge in [0.15, 0.2) is 28.9 Å². The molecule has 0 saturated carbocycles. The lowest BCUT2D eigenvalue weighted by molar-refractivity contribution is -0.0560. The molecule has 3 rings (SSSR count). The van der Waals surface area contributed by atoms with Crippen LogP contribution in [0.15, 0.2) is 6.33 Å². The molecule has 7 N–H and O–H groups in total. The number of ether oxygens (including phenoxy) is 1. The van der Waals surface area contributed by atoms with E-state index in [2.05, 4.69) is 29.1 Å². The van der Waals surface area contributed by atoms with Crippen LogP contribution in [0.1, 0.15) is 13.2 Å². The topological polar surface area (TPSA) is 224 Å². The monoisotopic (exact) mass is 472 g/mol. The number of aliphatic hydroxyl groups excluding tert-OH is 1. The quantitative estimate of drug-likeness (QED) is 0.284. The highest BCUT2D eigenvalue weighted by atomic mass is 31.3. The average Bonchev–Trinajstić information content (AvgIpc) is 3.10. The molecule has 0 bridgehead atoms. The van der Waals surface area contributed by atoms with Crippen molar-refractivity contribution in [3.63, 3.8) is 0 Å². The Labute approximate surface area is 167 Å². The summed E-state index contributed by atoms with van der Waals surface area (Å²) in [4.78, 5) is 38.6. The predicted octanol–water partition coefficient (Wildman–Crippen LogP) is -0.337. The van der Waals surface area contributed by atoms with Crippen LogP contribution in [-0.2, 0) is 22.7 Å². The van der Waals surface area contributed by atoms with Crippen molar-refractivity contribution in [3.05, 3.63) is 6.33 Å². The van der Waals surface area contributed by atoms with Gasteiger partial charge in [0.05, 0.1) is 12.9 Å². The second-order valence-corrected chi connectivity index (χ2v) is 9.29. The number of hydrogen-bond donors (Lipinski definition) is 6. The zero-order chi connectivity index (χ0) is 22.5. The number of imidazole rings is 1. The number of anilines is 2. The van der Waals surface area contributed by atoms with E-state index in [1.807, 2.05) is 0 Å². The van der Waals surface area contributed by atoms with E-state index >= 15 is 4.39 Å². The number of rotatable bonds is 7. The van der Waals surface area contributed by atoms with E-state index in [0.29, 0.717) is 0 Å². The van der Waals surface area contributed by atoms with E-state index in [-0.39, 0.29) is 22.9 Å². The van der Waals surface area contributed by atoms with Gasteiger partial charge in [-0.3, -0.25) is 9.09 Å². The smallest absolute Gasteiger partial charge is 0.387 e. The van der Waals surface area contributed by atoms with Crippen LogP contribution >= 0.6 is 15.6 Å². The Bertz CT molecular complexity index is 1040. The molecule has 1 saturated heterocycles. The van der Waals surface area contributed by atoms with E-state index in [4.69, 9.17) is 20.3 Å². The molecule has 30 heavy (non-hydrogen) atoms. The van der Waals surface area contributed by atoms with E-state index in [1.165, 1.54) is 6.33 Å². The fourth-order valence-electron chi connectivity index (χ4n) is 2.96. The number of alkyl halides is 1. The number of nitrogen functional groups attached to an aromatic ring is 1. The third-order valence-electron chi connectivity index (χ3n) is 4.26. The third-order valence-corrected chi connectivity index (χ3v) is 6.41. The van der Waals surface area contributed by atoms with Gasteiger partial charge >= 0.3 is 15.6 Å². The van der Waals surface area contributed by atoms with Crippen LogP contribution in [0.4, 0.5) is 16.2 Å². The molecule has 5 atom stereocenters. The SMILES string of the molecule is CNc1nc(N)nc2c1ncn2[C@@H]1O[C@H](COP(=O)(O)OP(=O)(O)O)[C@@H](O)[C@@]1(C)F. The molecule has 1 fully saturated rings. The van der Waals surface area contributed by atoms with Gasteiger partial charge in [0, 0.05) is 7.05 Å². The van der Waals surface area contributed by atoms with Gasteiger partial charge in [0.2, 0.25) is 5.95 Å². The first-order chi connectivity index (χ1) is 13.7. The number of hydrogen-bond acceptors (Lipinski definition) is 11. The maximum Gasteiger partial charge on any atom is 0.481 e. The number of fused-ring (bicyclic) bond motifs is 1. The van der Waals surface area contributed by atoms with Crippen LogP contribution in [0.5, 0.6) is 0 Å².